The zero-order chi connectivity index (χ0) is 40.1. The number of pyridine rings is 2. The van der Waals surface area contributed by atoms with E-state index in [-0.39, 0.29) is 42.5 Å². The smallest absolute Gasteiger partial charge is 0.328 e. The van der Waals surface area contributed by atoms with Gasteiger partial charge in [0.1, 0.15) is 17.2 Å². The van der Waals surface area contributed by atoms with Gasteiger partial charge in [-0.3, -0.25) is 29.6 Å². The summed E-state index contributed by atoms with van der Waals surface area (Å²) < 4.78 is 25.7. The monoisotopic (exact) mass is 780 g/mol. The second-order valence-corrected chi connectivity index (χ2v) is 14.9. The molecule has 302 valence electrons. The molecule has 0 unspecified atom stereocenters. The zero-order valence-corrected chi connectivity index (χ0v) is 33.3. The Morgan fingerprint density at radius 1 is 0.825 bits per heavy atom. The summed E-state index contributed by atoms with van der Waals surface area (Å²) in [6.45, 7) is 6.76. The molecule has 14 nitrogen and oxygen atoms in total. The number of hydrogen-bond acceptors (Lipinski definition) is 10. The quantitative estimate of drug-likeness (QED) is 0.191. The maximum atomic E-state index is 13.6. The van der Waals surface area contributed by atoms with Crippen molar-refractivity contribution in [3.63, 3.8) is 0 Å². The minimum atomic E-state index is -0.526. The van der Waals surface area contributed by atoms with Crippen molar-refractivity contribution in [2.45, 2.75) is 70.6 Å². The molecule has 4 aromatic rings. The van der Waals surface area contributed by atoms with Crippen LogP contribution in [-0.2, 0) is 22.5 Å². The van der Waals surface area contributed by atoms with Crippen molar-refractivity contribution in [1.82, 2.24) is 24.7 Å². The van der Waals surface area contributed by atoms with Crippen molar-refractivity contribution in [1.29, 1.82) is 0 Å². The van der Waals surface area contributed by atoms with Gasteiger partial charge in [-0.25, -0.2) is 4.79 Å². The lowest BCUT2D eigenvalue weighted by Gasteiger charge is -2.37. The number of piperidine rings is 2. The summed E-state index contributed by atoms with van der Waals surface area (Å²) in [4.78, 5) is 60.9. The number of amides is 4. The molecular formula is C43H52N6O8. The summed E-state index contributed by atoms with van der Waals surface area (Å²) >= 11 is 0. The summed E-state index contributed by atoms with van der Waals surface area (Å²) in [5, 5.41) is 3.76. The van der Waals surface area contributed by atoms with E-state index in [0.717, 1.165) is 91.7 Å². The lowest BCUT2D eigenvalue weighted by molar-refractivity contribution is -0.120. The van der Waals surface area contributed by atoms with Crippen LogP contribution in [0.4, 0.5) is 10.5 Å². The molecule has 0 spiro atoms. The van der Waals surface area contributed by atoms with Crippen LogP contribution in [0.15, 0.2) is 59.8 Å². The molecule has 3 fully saturated rings. The minimum absolute atomic E-state index is 0.0422. The highest BCUT2D eigenvalue weighted by molar-refractivity contribution is 6.07. The van der Waals surface area contributed by atoms with Gasteiger partial charge in [-0.15, -0.1) is 0 Å². The van der Waals surface area contributed by atoms with E-state index in [9.17, 15) is 19.2 Å². The Morgan fingerprint density at radius 2 is 1.51 bits per heavy atom. The van der Waals surface area contributed by atoms with Gasteiger partial charge in [0.25, 0.3) is 11.5 Å². The van der Waals surface area contributed by atoms with E-state index < -0.39 is 6.03 Å². The van der Waals surface area contributed by atoms with Crippen molar-refractivity contribution in [3.8, 4) is 28.4 Å². The van der Waals surface area contributed by atoms with Gasteiger partial charge in [-0.05, 0) is 85.9 Å². The van der Waals surface area contributed by atoms with Gasteiger partial charge in [0.2, 0.25) is 5.91 Å². The van der Waals surface area contributed by atoms with Crippen LogP contribution in [0.25, 0.3) is 21.9 Å². The van der Waals surface area contributed by atoms with E-state index in [1.165, 1.54) is 12.0 Å². The fraction of sp³-hybridized carbons (Fsp3) is 0.465. The highest BCUT2D eigenvalue weighted by Gasteiger charge is 2.31. The lowest BCUT2D eigenvalue weighted by Crippen LogP contribution is -2.49. The third-order valence-electron chi connectivity index (χ3n) is 11.4. The van der Waals surface area contributed by atoms with Gasteiger partial charge >= 0.3 is 6.03 Å². The van der Waals surface area contributed by atoms with Crippen LogP contribution in [0.1, 0.15) is 61.4 Å². The maximum absolute atomic E-state index is 13.6. The number of imide groups is 1. The Labute approximate surface area is 332 Å². The van der Waals surface area contributed by atoms with E-state index in [0.29, 0.717) is 42.0 Å². The van der Waals surface area contributed by atoms with Crippen LogP contribution in [0.5, 0.6) is 17.2 Å². The van der Waals surface area contributed by atoms with Gasteiger partial charge in [0, 0.05) is 87.5 Å². The number of methoxy groups -OCH3 is 3. The number of nitrogens with one attached hydrogen (secondary N) is 1. The molecule has 2 aromatic carbocycles. The average Bonchev–Trinajstić information content (AvgIpc) is 3.24. The van der Waals surface area contributed by atoms with E-state index >= 15 is 0 Å². The maximum Gasteiger partial charge on any atom is 0.328 e. The number of carbonyl (C=O) groups excluding carboxylic acids is 3. The highest BCUT2D eigenvalue weighted by Crippen LogP contribution is 2.38. The molecule has 3 aliphatic heterocycles. The Morgan fingerprint density at radius 3 is 2.16 bits per heavy atom. The summed E-state index contributed by atoms with van der Waals surface area (Å²) in [5.74, 6) is 1.54. The molecular weight excluding hydrogens is 729 g/mol. The SMILES string of the molecule is CCCn1cc(-c2cc(OC)c(CCN3CCC(OC4CCN(C(=O)c5ccc(OC)c(N6CCC(=O)NC6=O)c5)CC4)CC3)c(OC)c2)c2ccncc2c1=O. The van der Waals surface area contributed by atoms with Crippen LogP contribution >= 0.6 is 0 Å². The number of fused-ring (bicyclic) bond motifs is 1. The van der Waals surface area contributed by atoms with Crippen molar-refractivity contribution < 1.29 is 33.3 Å². The number of hydrogen-bond donors (Lipinski definition) is 1. The normalized spacial score (nSPS) is 17.2. The van der Waals surface area contributed by atoms with Crippen molar-refractivity contribution >= 4 is 34.3 Å². The van der Waals surface area contributed by atoms with Crippen LogP contribution in [-0.4, -0.2) is 110 Å². The Hall–Kier alpha value is -5.47. The summed E-state index contributed by atoms with van der Waals surface area (Å²) in [5.41, 5.74) is 3.74. The van der Waals surface area contributed by atoms with E-state index in [1.54, 1.807) is 49.4 Å². The van der Waals surface area contributed by atoms with E-state index in [2.05, 4.69) is 22.1 Å². The third-order valence-corrected chi connectivity index (χ3v) is 11.4. The van der Waals surface area contributed by atoms with Gasteiger partial charge < -0.3 is 33.3 Å². The van der Waals surface area contributed by atoms with Crippen LogP contribution in [0, 0.1) is 0 Å². The molecule has 3 aliphatic rings. The molecule has 0 bridgehead atoms. The number of rotatable bonds is 13. The minimum Gasteiger partial charge on any atom is -0.496 e. The van der Waals surface area contributed by atoms with Crippen molar-refractivity contribution in [2.24, 2.45) is 0 Å². The topological polar surface area (TPSA) is 145 Å². The zero-order valence-electron chi connectivity index (χ0n) is 33.3. The number of ether oxygens (including phenoxy) is 4. The van der Waals surface area contributed by atoms with Gasteiger partial charge in [-0.2, -0.15) is 0 Å². The number of nitrogens with zero attached hydrogens (tertiary/aromatic N) is 5. The molecule has 7 rings (SSSR count). The number of carbonyl (C=O) groups is 3. The molecule has 5 heterocycles. The second-order valence-electron chi connectivity index (χ2n) is 14.9. The predicted molar refractivity (Wildman–Crippen MR) is 217 cm³/mol. The molecule has 1 N–H and O–H groups in total. The summed E-state index contributed by atoms with van der Waals surface area (Å²) in [6.07, 6.45) is 10.7. The molecule has 14 heteroatoms. The molecule has 2 aromatic heterocycles. The first kappa shape index (κ1) is 39.8. The number of aromatic nitrogens is 2. The largest absolute Gasteiger partial charge is 0.496 e. The Bertz CT molecular complexity index is 2150. The molecule has 0 radical (unpaired) electrons. The van der Waals surface area contributed by atoms with Crippen LogP contribution in [0.3, 0.4) is 0 Å². The molecule has 0 aliphatic carbocycles. The molecule has 0 atom stereocenters. The van der Waals surface area contributed by atoms with Crippen molar-refractivity contribution in [3.05, 3.63) is 76.5 Å². The standard InChI is InChI=1S/C43H52N6O8/c1-5-16-48-27-35(32-8-15-44-26-34(32)42(48)52)29-24-38(55-3)33(39(25-29)56-4)13-19-46-17-9-30(10-18-46)57-31-11-20-47(21-12-31)41(51)28-6-7-37(54-2)36(23-28)49-22-14-40(50)45-43(49)53/h6-8,15,23-27,30-31H,5,9-14,16-22H2,1-4H3,(H,45,50,53). The Kier molecular flexibility index (Phi) is 12.4. The van der Waals surface area contributed by atoms with Crippen LogP contribution < -0.4 is 30.0 Å². The Balaban J connectivity index is 0.922. The van der Waals surface area contributed by atoms with Crippen LogP contribution in [0.2, 0.25) is 0 Å². The highest BCUT2D eigenvalue weighted by atomic mass is 16.5. The predicted octanol–water partition coefficient (Wildman–Crippen LogP) is 5.27. The number of anilines is 1. The molecule has 4 amide bonds. The van der Waals surface area contributed by atoms with Gasteiger partial charge in [-0.1, -0.05) is 6.92 Å². The van der Waals surface area contributed by atoms with E-state index in [4.69, 9.17) is 18.9 Å². The van der Waals surface area contributed by atoms with Gasteiger partial charge in [0.15, 0.2) is 0 Å². The summed E-state index contributed by atoms with van der Waals surface area (Å²) in [7, 11) is 4.88. The van der Waals surface area contributed by atoms with E-state index in [1.807, 2.05) is 29.3 Å². The third kappa shape index (κ3) is 8.62. The second kappa shape index (κ2) is 17.8. The number of likely N-dealkylation sites (tertiary alicyclic amines) is 2. The molecule has 3 saturated heterocycles. The average molecular weight is 781 g/mol. The first-order valence-corrected chi connectivity index (χ1v) is 19.9. The fourth-order valence-electron chi connectivity index (χ4n) is 8.28. The number of urea groups is 1. The molecule has 57 heavy (non-hydrogen) atoms. The number of benzene rings is 2. The summed E-state index contributed by atoms with van der Waals surface area (Å²) in [6, 6.07) is 10.5. The van der Waals surface area contributed by atoms with Crippen molar-refractivity contribution in [2.75, 3.05) is 65.5 Å². The lowest BCUT2D eigenvalue weighted by atomic mass is 9.97. The van der Waals surface area contributed by atoms with Gasteiger partial charge in [0.05, 0.1) is 44.6 Å². The number of aryl methyl sites for hydroxylation is 1. The fourth-order valence-corrected chi connectivity index (χ4v) is 8.28. The molecule has 0 saturated carbocycles. The first-order chi connectivity index (χ1) is 27.7. The first-order valence-electron chi connectivity index (χ1n) is 19.9.